The van der Waals surface area contributed by atoms with E-state index in [4.69, 9.17) is 0 Å². The second kappa shape index (κ2) is 8.48. The molecule has 4 aromatic heterocycles. The summed E-state index contributed by atoms with van der Waals surface area (Å²) < 4.78 is 7.18. The number of rotatable bonds is 3. The van der Waals surface area contributed by atoms with Crippen molar-refractivity contribution >= 4 is 49.1 Å². The molecule has 0 unspecified atom stereocenters. The van der Waals surface area contributed by atoms with E-state index >= 15 is 0 Å². The van der Waals surface area contributed by atoms with E-state index < -0.39 is 0 Å². The summed E-state index contributed by atoms with van der Waals surface area (Å²) in [5.74, 6) is 0. The van der Waals surface area contributed by atoms with Crippen LogP contribution >= 0.6 is 0 Å². The molecular weight excluding hydrogens is 498 g/mol. The molecule has 0 saturated heterocycles. The smallest absolute Gasteiger partial charge is 0.0803 e. The minimum atomic E-state index is 1.16. The zero-order valence-corrected chi connectivity index (χ0v) is 22.3. The summed E-state index contributed by atoms with van der Waals surface area (Å²) >= 11 is 0. The van der Waals surface area contributed by atoms with Gasteiger partial charge in [0.2, 0.25) is 0 Å². The molecule has 0 aliphatic rings. The van der Waals surface area contributed by atoms with Crippen molar-refractivity contribution in [1.29, 1.82) is 0 Å². The van der Waals surface area contributed by atoms with Crippen molar-refractivity contribution in [2.75, 3.05) is 0 Å². The van der Waals surface area contributed by atoms with Crippen molar-refractivity contribution in [2.45, 2.75) is 0 Å². The van der Waals surface area contributed by atoms with Crippen LogP contribution in [0.25, 0.3) is 71.8 Å². The van der Waals surface area contributed by atoms with Crippen molar-refractivity contribution in [3.05, 3.63) is 152 Å². The van der Waals surface area contributed by atoms with E-state index in [2.05, 4.69) is 165 Å². The first kappa shape index (κ1) is 22.3. The fourth-order valence-corrected chi connectivity index (χ4v) is 6.80. The van der Waals surface area contributed by atoms with E-state index in [1.807, 2.05) is 0 Å². The van der Waals surface area contributed by atoms with Crippen LogP contribution in [-0.2, 0) is 0 Å². The topological polar surface area (TPSA) is 14.3 Å². The maximum absolute atomic E-state index is 2.42. The fourth-order valence-electron chi connectivity index (χ4n) is 6.80. The minimum absolute atomic E-state index is 1.16. The van der Waals surface area contributed by atoms with Gasteiger partial charge in [-0.2, -0.15) is 0 Å². The van der Waals surface area contributed by atoms with Crippen LogP contribution in [0.2, 0.25) is 0 Å². The highest BCUT2D eigenvalue weighted by Crippen LogP contribution is 2.43. The fraction of sp³-hybridized carbons (Fsp3) is 0. The van der Waals surface area contributed by atoms with Gasteiger partial charge >= 0.3 is 0 Å². The van der Waals surface area contributed by atoms with Crippen LogP contribution in [0.4, 0.5) is 0 Å². The van der Waals surface area contributed by atoms with Gasteiger partial charge in [-0.3, -0.25) is 0 Å². The highest BCUT2D eigenvalue weighted by molar-refractivity contribution is 6.21. The van der Waals surface area contributed by atoms with Gasteiger partial charge in [-0.15, -0.1) is 0 Å². The average Bonchev–Trinajstić information content (AvgIpc) is 3.67. The van der Waals surface area contributed by atoms with E-state index in [0.717, 1.165) is 5.69 Å². The van der Waals surface area contributed by atoms with Crippen LogP contribution in [0, 0.1) is 0 Å². The molecular formula is C38H25N3. The van der Waals surface area contributed by atoms with Crippen LogP contribution in [-0.4, -0.2) is 13.5 Å². The normalized spacial score (nSPS) is 11.9. The van der Waals surface area contributed by atoms with E-state index in [9.17, 15) is 0 Å². The summed E-state index contributed by atoms with van der Waals surface area (Å²) in [4.78, 5) is 0. The molecule has 9 rings (SSSR count). The molecule has 0 spiro atoms. The number of pyridine rings is 1. The molecule has 41 heavy (non-hydrogen) atoms. The molecule has 9 aromatic rings. The Bertz CT molecular complexity index is 2360. The Hall–Kier alpha value is -5.54. The van der Waals surface area contributed by atoms with Gasteiger partial charge in [0.25, 0.3) is 0 Å². The molecule has 3 nitrogen and oxygen atoms in total. The molecule has 0 radical (unpaired) electrons. The third kappa shape index (κ3) is 3.09. The largest absolute Gasteiger partial charge is 0.314 e. The highest BCUT2D eigenvalue weighted by Gasteiger charge is 2.23. The molecule has 192 valence electrons. The lowest BCUT2D eigenvalue weighted by Gasteiger charge is -2.11. The number of fused-ring (bicyclic) bond motifs is 8. The second-order valence-corrected chi connectivity index (χ2v) is 10.6. The Morgan fingerprint density at radius 1 is 0.390 bits per heavy atom. The second-order valence-electron chi connectivity index (χ2n) is 10.6. The van der Waals surface area contributed by atoms with Crippen LogP contribution < -0.4 is 0 Å². The van der Waals surface area contributed by atoms with Crippen molar-refractivity contribution < 1.29 is 0 Å². The van der Waals surface area contributed by atoms with Gasteiger partial charge in [-0.05, 0) is 54.6 Å². The quantitative estimate of drug-likeness (QED) is 0.219. The highest BCUT2D eigenvalue weighted by atomic mass is 15.0. The van der Waals surface area contributed by atoms with Crippen molar-refractivity contribution in [1.82, 2.24) is 13.5 Å². The zero-order valence-electron chi connectivity index (χ0n) is 22.3. The van der Waals surface area contributed by atoms with Gasteiger partial charge in [-0.25, -0.2) is 0 Å². The van der Waals surface area contributed by atoms with Gasteiger partial charge in [0.1, 0.15) is 0 Å². The molecule has 0 aliphatic heterocycles. The van der Waals surface area contributed by atoms with Crippen molar-refractivity contribution in [3.63, 3.8) is 0 Å². The zero-order chi connectivity index (χ0) is 26.9. The van der Waals surface area contributed by atoms with Gasteiger partial charge in [-0.1, -0.05) is 91.0 Å². The number of aromatic nitrogens is 3. The maximum atomic E-state index is 2.42. The molecule has 0 N–H and O–H groups in total. The van der Waals surface area contributed by atoms with Gasteiger partial charge in [0, 0.05) is 44.7 Å². The first-order valence-corrected chi connectivity index (χ1v) is 14.0. The lowest BCUT2D eigenvalue weighted by Crippen LogP contribution is -1.96. The molecule has 5 aromatic carbocycles. The Morgan fingerprint density at radius 3 is 1.68 bits per heavy atom. The Balaban J connectivity index is 1.40. The molecule has 0 fully saturated rings. The third-order valence-electron chi connectivity index (χ3n) is 8.43. The number of nitrogens with zero attached hydrogens (tertiary/aromatic N) is 3. The van der Waals surface area contributed by atoms with Gasteiger partial charge in [0.15, 0.2) is 0 Å². The standard InChI is InChI=1S/C38H25N3/c1-2-14-27(15-3-1)41-34-22-9-6-19-31(34)36-37(39-24-11-10-23-35(39)38(36)41)26-13-12-16-28(25-26)40-32-20-7-4-17-29(32)30-18-5-8-21-33(30)40/h1-25H. The molecule has 0 amide bonds. The van der Waals surface area contributed by atoms with E-state index in [-0.39, 0.29) is 0 Å². The Kier molecular flexibility index (Phi) is 4.61. The van der Waals surface area contributed by atoms with Crippen LogP contribution in [0.5, 0.6) is 0 Å². The molecule has 4 heterocycles. The summed E-state index contributed by atoms with van der Waals surface area (Å²) in [6.07, 6.45) is 2.20. The number of hydrogen-bond donors (Lipinski definition) is 0. The monoisotopic (exact) mass is 523 g/mol. The first-order chi connectivity index (χ1) is 20.4. The van der Waals surface area contributed by atoms with Crippen LogP contribution in [0.15, 0.2) is 152 Å². The molecule has 3 heteroatoms. The Morgan fingerprint density at radius 2 is 0.951 bits per heavy atom. The predicted molar refractivity (Wildman–Crippen MR) is 172 cm³/mol. The van der Waals surface area contributed by atoms with E-state index in [1.165, 1.54) is 66.1 Å². The van der Waals surface area contributed by atoms with Crippen LogP contribution in [0.3, 0.4) is 0 Å². The summed E-state index contributed by atoms with van der Waals surface area (Å²) in [6.45, 7) is 0. The summed E-state index contributed by atoms with van der Waals surface area (Å²) in [5, 5.41) is 5.08. The lowest BCUT2D eigenvalue weighted by molar-refractivity contribution is 1.16. The third-order valence-corrected chi connectivity index (χ3v) is 8.43. The molecule has 0 aliphatic carbocycles. The number of hydrogen-bond acceptors (Lipinski definition) is 0. The summed E-state index contributed by atoms with van der Waals surface area (Å²) in [7, 11) is 0. The van der Waals surface area contributed by atoms with Gasteiger partial charge < -0.3 is 13.5 Å². The maximum Gasteiger partial charge on any atom is 0.0803 e. The average molecular weight is 524 g/mol. The van der Waals surface area contributed by atoms with E-state index in [1.54, 1.807) is 0 Å². The number of para-hydroxylation sites is 4. The Labute approximate surface area is 236 Å². The molecule has 0 atom stereocenters. The van der Waals surface area contributed by atoms with Crippen molar-refractivity contribution in [2.24, 2.45) is 0 Å². The predicted octanol–water partition coefficient (Wildman–Crippen LogP) is 9.80. The summed E-state index contributed by atoms with van der Waals surface area (Å²) in [6, 6.07) is 52.4. The number of benzene rings is 5. The summed E-state index contributed by atoms with van der Waals surface area (Å²) in [5.41, 5.74) is 10.8. The van der Waals surface area contributed by atoms with E-state index in [0.29, 0.717) is 0 Å². The SMILES string of the molecule is c1ccc(-n2c3ccccc3c3c(-c4cccc(-n5c6ccccc6c6ccccc65)c4)n4ccccc4c32)cc1. The lowest BCUT2D eigenvalue weighted by atomic mass is 10.1. The first-order valence-electron chi connectivity index (χ1n) is 14.0. The van der Waals surface area contributed by atoms with Crippen LogP contribution in [0.1, 0.15) is 0 Å². The molecule has 0 bridgehead atoms. The van der Waals surface area contributed by atoms with Gasteiger partial charge in [0.05, 0.1) is 33.3 Å². The van der Waals surface area contributed by atoms with Crippen molar-refractivity contribution in [3.8, 4) is 22.6 Å². The minimum Gasteiger partial charge on any atom is -0.314 e. The molecule has 0 saturated carbocycles.